The summed E-state index contributed by atoms with van der Waals surface area (Å²) in [6, 6.07) is 0. The van der Waals surface area contributed by atoms with E-state index in [4.69, 9.17) is 9.47 Å². The zero-order valence-electron chi connectivity index (χ0n) is 10.8. The van der Waals surface area contributed by atoms with Crippen LogP contribution >= 0.6 is 11.8 Å². The van der Waals surface area contributed by atoms with Gasteiger partial charge in [0, 0.05) is 10.5 Å². The van der Waals surface area contributed by atoms with Crippen LogP contribution in [0.15, 0.2) is 0 Å². The number of fused-ring (bicyclic) bond motifs is 2. The third kappa shape index (κ3) is 1.85. The molecule has 2 saturated heterocycles. The van der Waals surface area contributed by atoms with Crippen molar-refractivity contribution in [1.82, 2.24) is 0 Å². The summed E-state index contributed by atoms with van der Waals surface area (Å²) in [6.07, 6.45) is 9.05. The quantitative estimate of drug-likeness (QED) is 0.708. The van der Waals surface area contributed by atoms with Crippen molar-refractivity contribution < 1.29 is 9.47 Å². The van der Waals surface area contributed by atoms with Crippen molar-refractivity contribution in [3.05, 3.63) is 0 Å². The van der Waals surface area contributed by atoms with E-state index in [1.165, 1.54) is 38.5 Å². The highest BCUT2D eigenvalue weighted by Gasteiger charge is 2.58. The van der Waals surface area contributed by atoms with Gasteiger partial charge < -0.3 is 9.47 Å². The van der Waals surface area contributed by atoms with E-state index in [1.807, 2.05) is 0 Å². The van der Waals surface area contributed by atoms with Crippen molar-refractivity contribution in [3.63, 3.8) is 0 Å². The predicted octanol–water partition coefficient (Wildman–Crippen LogP) is 3.14. The molecule has 2 aliphatic heterocycles. The van der Waals surface area contributed by atoms with E-state index < -0.39 is 0 Å². The maximum Gasteiger partial charge on any atom is 0.0931 e. The lowest BCUT2D eigenvalue weighted by Crippen LogP contribution is -2.29. The van der Waals surface area contributed by atoms with Gasteiger partial charge in [0.2, 0.25) is 0 Å². The number of hydrogen-bond donors (Lipinski definition) is 0. The van der Waals surface area contributed by atoms with Crippen molar-refractivity contribution in [2.45, 2.75) is 86.3 Å². The maximum atomic E-state index is 5.80. The van der Waals surface area contributed by atoms with Gasteiger partial charge in [-0.2, -0.15) is 11.8 Å². The molecule has 0 spiro atoms. The number of epoxide rings is 2. The molecule has 0 radical (unpaired) electrons. The number of thioether (sulfide) groups is 1. The van der Waals surface area contributed by atoms with Crippen LogP contribution in [-0.2, 0) is 9.47 Å². The molecular formula is C14H22O2S. The van der Waals surface area contributed by atoms with E-state index in [0.717, 1.165) is 10.5 Å². The first kappa shape index (κ1) is 11.1. The van der Waals surface area contributed by atoms with E-state index >= 15 is 0 Å². The SMILES string of the molecule is CC12CC(SC3CCC4OC4(C)C3)CCC1O2. The molecule has 4 aliphatic rings. The summed E-state index contributed by atoms with van der Waals surface area (Å²) >= 11 is 2.24. The van der Waals surface area contributed by atoms with E-state index in [2.05, 4.69) is 25.6 Å². The van der Waals surface area contributed by atoms with Crippen molar-refractivity contribution in [2.75, 3.05) is 0 Å². The predicted molar refractivity (Wildman–Crippen MR) is 69.4 cm³/mol. The minimum absolute atomic E-state index is 0.257. The Hall–Kier alpha value is 0.270. The van der Waals surface area contributed by atoms with Crippen LogP contribution in [0.3, 0.4) is 0 Å². The Kier molecular flexibility index (Phi) is 2.24. The number of hydrogen-bond acceptors (Lipinski definition) is 3. The molecule has 0 bridgehead atoms. The molecule has 2 aliphatic carbocycles. The standard InChI is InChI=1S/C14H22O2S/c1-13-7-9(3-5-11(13)15-13)17-10-4-6-12-14(2,8-10)16-12/h9-12H,3-8H2,1-2H3. The molecule has 6 atom stereocenters. The van der Waals surface area contributed by atoms with Gasteiger partial charge in [-0.3, -0.25) is 0 Å². The van der Waals surface area contributed by atoms with Gasteiger partial charge in [0.25, 0.3) is 0 Å². The number of rotatable bonds is 2. The summed E-state index contributed by atoms with van der Waals surface area (Å²) in [5, 5.41) is 1.67. The largest absolute Gasteiger partial charge is 0.366 e. The topological polar surface area (TPSA) is 25.1 Å². The van der Waals surface area contributed by atoms with Crippen LogP contribution in [0, 0.1) is 0 Å². The molecule has 0 aromatic heterocycles. The van der Waals surface area contributed by atoms with Crippen LogP contribution in [0.5, 0.6) is 0 Å². The van der Waals surface area contributed by atoms with Gasteiger partial charge >= 0.3 is 0 Å². The minimum atomic E-state index is 0.257. The van der Waals surface area contributed by atoms with Crippen molar-refractivity contribution in [3.8, 4) is 0 Å². The average molecular weight is 254 g/mol. The molecule has 0 N–H and O–H groups in total. The first-order valence-corrected chi connectivity index (χ1v) is 8.03. The van der Waals surface area contributed by atoms with E-state index in [9.17, 15) is 0 Å². The molecule has 2 nitrogen and oxygen atoms in total. The monoisotopic (exact) mass is 254 g/mol. The summed E-state index contributed by atoms with van der Waals surface area (Å²) in [7, 11) is 0. The van der Waals surface area contributed by atoms with Crippen LogP contribution in [0.1, 0.15) is 52.4 Å². The summed E-state index contributed by atoms with van der Waals surface area (Å²) < 4.78 is 11.6. The van der Waals surface area contributed by atoms with Crippen molar-refractivity contribution in [1.29, 1.82) is 0 Å². The third-order valence-corrected chi connectivity index (χ3v) is 6.80. The van der Waals surface area contributed by atoms with Crippen LogP contribution in [0.25, 0.3) is 0 Å². The highest BCUT2D eigenvalue weighted by molar-refractivity contribution is 8.00. The summed E-state index contributed by atoms with van der Waals surface area (Å²) in [4.78, 5) is 0. The summed E-state index contributed by atoms with van der Waals surface area (Å²) in [5.74, 6) is 0. The molecule has 0 amide bonds. The zero-order valence-corrected chi connectivity index (χ0v) is 11.6. The Morgan fingerprint density at radius 3 is 1.71 bits per heavy atom. The van der Waals surface area contributed by atoms with Crippen molar-refractivity contribution in [2.24, 2.45) is 0 Å². The molecule has 96 valence electrons. The normalized spacial score (nSPS) is 60.4. The van der Waals surface area contributed by atoms with Crippen LogP contribution < -0.4 is 0 Å². The summed E-state index contributed by atoms with van der Waals surface area (Å²) in [5.41, 5.74) is 0.514. The molecule has 6 unspecified atom stereocenters. The zero-order chi connectivity index (χ0) is 11.7. The lowest BCUT2D eigenvalue weighted by Gasteiger charge is -2.29. The lowest BCUT2D eigenvalue weighted by atomic mass is 9.90. The molecule has 4 fully saturated rings. The molecule has 4 rings (SSSR count). The molecule has 3 heteroatoms. The van der Waals surface area contributed by atoms with Crippen LogP contribution in [0.2, 0.25) is 0 Å². The Morgan fingerprint density at radius 2 is 1.29 bits per heavy atom. The molecule has 0 aromatic carbocycles. The fourth-order valence-electron chi connectivity index (χ4n) is 3.96. The highest BCUT2D eigenvalue weighted by Crippen LogP contribution is 2.54. The molecule has 2 saturated carbocycles. The second-order valence-electron chi connectivity index (χ2n) is 6.78. The average Bonchev–Trinajstić information content (AvgIpc) is 3.10. The van der Waals surface area contributed by atoms with Gasteiger partial charge in [-0.25, -0.2) is 0 Å². The molecule has 0 aromatic rings. The molecule has 17 heavy (non-hydrogen) atoms. The second kappa shape index (κ2) is 3.43. The Balaban J connectivity index is 1.35. The second-order valence-corrected chi connectivity index (χ2v) is 8.39. The fraction of sp³-hybridized carbons (Fsp3) is 1.00. The van der Waals surface area contributed by atoms with Gasteiger partial charge in [-0.1, -0.05) is 0 Å². The Bertz CT molecular complexity index is 315. The van der Waals surface area contributed by atoms with Crippen LogP contribution in [0.4, 0.5) is 0 Å². The lowest BCUT2D eigenvalue weighted by molar-refractivity contribution is 0.304. The summed E-state index contributed by atoms with van der Waals surface area (Å²) in [6.45, 7) is 4.60. The van der Waals surface area contributed by atoms with Crippen LogP contribution in [-0.4, -0.2) is 33.9 Å². The molecule has 2 heterocycles. The minimum Gasteiger partial charge on any atom is -0.366 e. The smallest absolute Gasteiger partial charge is 0.0931 e. The van der Waals surface area contributed by atoms with Gasteiger partial charge in [-0.05, 0) is 52.4 Å². The molecular weight excluding hydrogens is 232 g/mol. The van der Waals surface area contributed by atoms with E-state index in [-0.39, 0.29) is 11.2 Å². The Morgan fingerprint density at radius 1 is 0.824 bits per heavy atom. The van der Waals surface area contributed by atoms with Gasteiger partial charge in [0.1, 0.15) is 0 Å². The van der Waals surface area contributed by atoms with Gasteiger partial charge in [0.15, 0.2) is 0 Å². The first-order valence-electron chi connectivity index (χ1n) is 7.09. The first-order chi connectivity index (χ1) is 8.07. The van der Waals surface area contributed by atoms with Gasteiger partial charge in [-0.15, -0.1) is 0 Å². The third-order valence-electron chi connectivity index (χ3n) is 5.22. The maximum absolute atomic E-state index is 5.80. The van der Waals surface area contributed by atoms with E-state index in [0.29, 0.717) is 12.2 Å². The Labute approximate surface area is 108 Å². The van der Waals surface area contributed by atoms with Crippen molar-refractivity contribution >= 4 is 11.8 Å². The number of ether oxygens (including phenoxy) is 2. The van der Waals surface area contributed by atoms with E-state index in [1.54, 1.807) is 0 Å². The van der Waals surface area contributed by atoms with Gasteiger partial charge in [0.05, 0.1) is 23.4 Å². The fourth-order valence-corrected chi connectivity index (χ4v) is 5.90. The highest BCUT2D eigenvalue weighted by atomic mass is 32.2.